The van der Waals surface area contributed by atoms with Crippen LogP contribution in [0.15, 0.2) is 61.2 Å². The third kappa shape index (κ3) is 3.20. The van der Waals surface area contributed by atoms with Crippen LogP contribution in [0.4, 0.5) is 5.69 Å². The van der Waals surface area contributed by atoms with Crippen molar-refractivity contribution in [3.8, 4) is 5.69 Å². The van der Waals surface area contributed by atoms with E-state index in [0.717, 1.165) is 16.9 Å². The SMILES string of the molecule is Clc1ccc(CNc2ccccc2-n2ccnc2)cc1Cl. The van der Waals surface area contributed by atoms with Gasteiger partial charge in [0.2, 0.25) is 0 Å². The Morgan fingerprint density at radius 1 is 1.05 bits per heavy atom. The fourth-order valence-electron chi connectivity index (χ4n) is 2.10. The van der Waals surface area contributed by atoms with Crippen LogP contribution in [0.2, 0.25) is 10.0 Å². The summed E-state index contributed by atoms with van der Waals surface area (Å²) in [6.07, 6.45) is 5.45. The molecule has 0 fully saturated rings. The Hall–Kier alpha value is -1.97. The normalized spacial score (nSPS) is 10.6. The van der Waals surface area contributed by atoms with E-state index < -0.39 is 0 Å². The van der Waals surface area contributed by atoms with Crippen LogP contribution < -0.4 is 5.32 Å². The molecule has 0 unspecified atom stereocenters. The maximum atomic E-state index is 6.04. The molecule has 0 amide bonds. The molecule has 0 aliphatic carbocycles. The van der Waals surface area contributed by atoms with E-state index in [9.17, 15) is 0 Å². The van der Waals surface area contributed by atoms with Crippen LogP contribution in [0, 0.1) is 0 Å². The molecule has 0 bridgehead atoms. The lowest BCUT2D eigenvalue weighted by molar-refractivity contribution is 1.04. The first kappa shape index (κ1) is 14.0. The van der Waals surface area contributed by atoms with Crippen LogP contribution in [-0.2, 0) is 6.54 Å². The molecule has 1 heterocycles. The summed E-state index contributed by atoms with van der Waals surface area (Å²) in [7, 11) is 0. The summed E-state index contributed by atoms with van der Waals surface area (Å²) < 4.78 is 1.97. The third-order valence-corrected chi connectivity index (χ3v) is 3.89. The number of nitrogens with one attached hydrogen (secondary N) is 1. The number of rotatable bonds is 4. The number of halogens is 2. The quantitative estimate of drug-likeness (QED) is 0.749. The van der Waals surface area contributed by atoms with E-state index in [0.29, 0.717) is 16.6 Å². The monoisotopic (exact) mass is 317 g/mol. The molecule has 0 radical (unpaired) electrons. The Bertz CT molecular complexity index is 739. The van der Waals surface area contributed by atoms with Gasteiger partial charge in [0.05, 0.1) is 27.7 Å². The average molecular weight is 318 g/mol. The lowest BCUT2D eigenvalue weighted by atomic mass is 10.2. The van der Waals surface area contributed by atoms with Crippen LogP contribution in [0.5, 0.6) is 0 Å². The summed E-state index contributed by atoms with van der Waals surface area (Å²) in [5.74, 6) is 0. The summed E-state index contributed by atoms with van der Waals surface area (Å²) in [5.41, 5.74) is 3.15. The van der Waals surface area contributed by atoms with Crippen molar-refractivity contribution in [3.63, 3.8) is 0 Å². The van der Waals surface area contributed by atoms with Crippen molar-refractivity contribution in [2.75, 3.05) is 5.32 Å². The van der Waals surface area contributed by atoms with Crippen molar-refractivity contribution in [2.45, 2.75) is 6.54 Å². The minimum absolute atomic E-state index is 0.568. The van der Waals surface area contributed by atoms with Crippen molar-refractivity contribution in [2.24, 2.45) is 0 Å². The molecule has 2 aromatic carbocycles. The molecule has 0 aliphatic heterocycles. The van der Waals surface area contributed by atoms with E-state index in [-0.39, 0.29) is 0 Å². The van der Waals surface area contributed by atoms with Crippen LogP contribution in [0.1, 0.15) is 5.56 Å². The highest BCUT2D eigenvalue weighted by Crippen LogP contribution is 2.24. The predicted octanol–water partition coefficient (Wildman–Crippen LogP) is 4.79. The van der Waals surface area contributed by atoms with Gasteiger partial charge >= 0.3 is 0 Å². The van der Waals surface area contributed by atoms with Crippen LogP contribution >= 0.6 is 23.2 Å². The van der Waals surface area contributed by atoms with Crippen molar-refractivity contribution in [1.29, 1.82) is 0 Å². The molecular formula is C16H13Cl2N3. The maximum Gasteiger partial charge on any atom is 0.0992 e. The van der Waals surface area contributed by atoms with E-state index in [1.54, 1.807) is 12.5 Å². The number of nitrogens with zero attached hydrogens (tertiary/aromatic N) is 2. The standard InChI is InChI=1S/C16H13Cl2N3/c17-13-6-5-12(9-14(13)18)10-20-15-3-1-2-4-16(15)21-8-7-19-11-21/h1-9,11,20H,10H2. The molecule has 3 nitrogen and oxygen atoms in total. The second-order valence-corrected chi connectivity index (χ2v) is 5.40. The van der Waals surface area contributed by atoms with Gasteiger partial charge in [0, 0.05) is 18.9 Å². The summed E-state index contributed by atoms with van der Waals surface area (Å²) in [6, 6.07) is 13.7. The van der Waals surface area contributed by atoms with Gasteiger partial charge in [-0.25, -0.2) is 4.98 Å². The number of anilines is 1. The Morgan fingerprint density at radius 2 is 1.90 bits per heavy atom. The van der Waals surface area contributed by atoms with Crippen molar-refractivity contribution in [1.82, 2.24) is 9.55 Å². The zero-order chi connectivity index (χ0) is 14.7. The van der Waals surface area contributed by atoms with Crippen molar-refractivity contribution in [3.05, 3.63) is 76.8 Å². The second-order valence-electron chi connectivity index (χ2n) is 4.59. The smallest absolute Gasteiger partial charge is 0.0992 e. The molecule has 1 aromatic heterocycles. The second kappa shape index (κ2) is 6.20. The van der Waals surface area contributed by atoms with E-state index in [1.807, 2.05) is 53.2 Å². The fourth-order valence-corrected chi connectivity index (χ4v) is 2.42. The minimum Gasteiger partial charge on any atom is -0.379 e. The van der Waals surface area contributed by atoms with E-state index in [2.05, 4.69) is 10.3 Å². The van der Waals surface area contributed by atoms with Crippen molar-refractivity contribution >= 4 is 28.9 Å². The molecule has 3 rings (SSSR count). The van der Waals surface area contributed by atoms with E-state index in [4.69, 9.17) is 23.2 Å². The topological polar surface area (TPSA) is 29.9 Å². The highest BCUT2D eigenvalue weighted by molar-refractivity contribution is 6.42. The number of benzene rings is 2. The molecule has 0 aliphatic rings. The molecule has 5 heteroatoms. The number of hydrogen-bond acceptors (Lipinski definition) is 2. The van der Waals surface area contributed by atoms with Gasteiger partial charge in [0.15, 0.2) is 0 Å². The lowest BCUT2D eigenvalue weighted by Gasteiger charge is -2.12. The average Bonchev–Trinajstić information content (AvgIpc) is 3.03. The molecule has 106 valence electrons. The summed E-state index contributed by atoms with van der Waals surface area (Å²) in [5, 5.41) is 4.55. The summed E-state index contributed by atoms with van der Waals surface area (Å²) >= 11 is 12.0. The number of para-hydroxylation sites is 2. The number of aromatic nitrogens is 2. The van der Waals surface area contributed by atoms with Gasteiger partial charge in [-0.05, 0) is 29.8 Å². The Kier molecular flexibility index (Phi) is 4.13. The predicted molar refractivity (Wildman–Crippen MR) is 87.4 cm³/mol. The van der Waals surface area contributed by atoms with Crippen LogP contribution in [0.3, 0.4) is 0 Å². The van der Waals surface area contributed by atoms with Gasteiger partial charge in [0.25, 0.3) is 0 Å². The fraction of sp³-hybridized carbons (Fsp3) is 0.0625. The molecule has 1 N–H and O–H groups in total. The molecule has 0 saturated heterocycles. The first-order valence-corrected chi connectivity index (χ1v) is 7.25. The van der Waals surface area contributed by atoms with Gasteiger partial charge in [-0.15, -0.1) is 0 Å². The van der Waals surface area contributed by atoms with Crippen LogP contribution in [0.25, 0.3) is 5.69 Å². The van der Waals surface area contributed by atoms with Gasteiger partial charge in [0.1, 0.15) is 0 Å². The van der Waals surface area contributed by atoms with Gasteiger partial charge < -0.3 is 9.88 Å². The van der Waals surface area contributed by atoms with E-state index in [1.165, 1.54) is 0 Å². The largest absolute Gasteiger partial charge is 0.379 e. The highest BCUT2D eigenvalue weighted by atomic mass is 35.5. The molecular weight excluding hydrogens is 305 g/mol. The first-order chi connectivity index (χ1) is 10.2. The molecule has 0 spiro atoms. The zero-order valence-corrected chi connectivity index (χ0v) is 12.6. The van der Waals surface area contributed by atoms with Crippen molar-refractivity contribution < 1.29 is 0 Å². The Labute approximate surface area is 133 Å². The molecule has 0 saturated carbocycles. The number of hydrogen-bond donors (Lipinski definition) is 1. The van der Waals surface area contributed by atoms with Gasteiger partial charge in [-0.2, -0.15) is 0 Å². The molecule has 0 atom stereocenters. The maximum absolute atomic E-state index is 6.04. The van der Waals surface area contributed by atoms with Crippen LogP contribution in [-0.4, -0.2) is 9.55 Å². The van der Waals surface area contributed by atoms with E-state index >= 15 is 0 Å². The molecule has 3 aromatic rings. The summed E-state index contributed by atoms with van der Waals surface area (Å²) in [4.78, 5) is 4.08. The number of imidazole rings is 1. The Morgan fingerprint density at radius 3 is 2.67 bits per heavy atom. The van der Waals surface area contributed by atoms with Gasteiger partial charge in [-0.3, -0.25) is 0 Å². The highest BCUT2D eigenvalue weighted by Gasteiger charge is 2.04. The minimum atomic E-state index is 0.568. The third-order valence-electron chi connectivity index (χ3n) is 3.15. The lowest BCUT2D eigenvalue weighted by Crippen LogP contribution is -2.03. The molecule has 21 heavy (non-hydrogen) atoms. The summed E-state index contributed by atoms with van der Waals surface area (Å²) in [6.45, 7) is 0.669. The first-order valence-electron chi connectivity index (χ1n) is 6.49. The zero-order valence-electron chi connectivity index (χ0n) is 11.1. The van der Waals surface area contributed by atoms with Gasteiger partial charge in [-0.1, -0.05) is 41.4 Å². The Balaban J connectivity index is 1.81.